The predicted molar refractivity (Wildman–Crippen MR) is 68.7 cm³/mol. The van der Waals surface area contributed by atoms with Crippen LogP contribution in [-0.4, -0.2) is 22.9 Å². The van der Waals surface area contributed by atoms with E-state index in [1.807, 2.05) is 0 Å². The highest BCUT2D eigenvalue weighted by molar-refractivity contribution is 5.93. The molecular formula is C13H21N3O2. The third-order valence-corrected chi connectivity index (χ3v) is 3.76. The number of hydrogen-bond donors (Lipinski definition) is 2. The Kier molecular flexibility index (Phi) is 4.04. The zero-order valence-electron chi connectivity index (χ0n) is 11.0. The van der Waals surface area contributed by atoms with Crippen molar-refractivity contribution in [2.45, 2.75) is 51.7 Å². The topological polar surface area (TPSA) is 71.5 Å². The van der Waals surface area contributed by atoms with Crippen molar-refractivity contribution >= 4 is 5.91 Å². The number of furan rings is 1. The minimum Gasteiger partial charge on any atom is -0.467 e. The molecule has 100 valence electrons. The van der Waals surface area contributed by atoms with Gasteiger partial charge < -0.3 is 4.42 Å². The molecule has 2 unspecified atom stereocenters. The van der Waals surface area contributed by atoms with Gasteiger partial charge in [0, 0.05) is 12.1 Å². The van der Waals surface area contributed by atoms with Crippen LogP contribution in [-0.2, 0) is 6.54 Å². The van der Waals surface area contributed by atoms with Crippen molar-refractivity contribution in [3.8, 4) is 0 Å². The number of amides is 1. The van der Waals surface area contributed by atoms with E-state index in [1.165, 1.54) is 25.5 Å². The minimum absolute atomic E-state index is 0.315. The molecule has 1 aliphatic rings. The molecule has 2 rings (SSSR count). The SMILES string of the molecule is CC1CCCC(C)N1Cc1cc(C(=O)NN)co1. The highest BCUT2D eigenvalue weighted by Crippen LogP contribution is 2.25. The average molecular weight is 251 g/mol. The summed E-state index contributed by atoms with van der Waals surface area (Å²) in [5, 5.41) is 0. The number of hydrazine groups is 1. The fourth-order valence-corrected chi connectivity index (χ4v) is 2.63. The molecule has 0 spiro atoms. The Hall–Kier alpha value is -1.33. The van der Waals surface area contributed by atoms with Crippen molar-refractivity contribution in [3.05, 3.63) is 23.7 Å². The van der Waals surface area contributed by atoms with Crippen molar-refractivity contribution in [1.29, 1.82) is 0 Å². The van der Waals surface area contributed by atoms with Gasteiger partial charge in [-0.25, -0.2) is 5.84 Å². The van der Waals surface area contributed by atoms with Crippen LogP contribution in [0.1, 0.15) is 49.2 Å². The molecule has 2 atom stereocenters. The zero-order valence-corrected chi connectivity index (χ0v) is 11.0. The molecule has 1 aromatic rings. The maximum absolute atomic E-state index is 11.3. The second-order valence-corrected chi connectivity index (χ2v) is 5.08. The van der Waals surface area contributed by atoms with Crippen LogP contribution in [0.3, 0.4) is 0 Å². The predicted octanol–water partition coefficient (Wildman–Crippen LogP) is 1.65. The number of nitrogen functional groups attached to an aromatic ring is 1. The Morgan fingerprint density at radius 3 is 2.78 bits per heavy atom. The van der Waals surface area contributed by atoms with Crippen LogP contribution in [0.5, 0.6) is 0 Å². The van der Waals surface area contributed by atoms with Gasteiger partial charge >= 0.3 is 0 Å². The van der Waals surface area contributed by atoms with Crippen molar-refractivity contribution < 1.29 is 9.21 Å². The number of nitrogens with two attached hydrogens (primary N) is 1. The van der Waals surface area contributed by atoms with E-state index >= 15 is 0 Å². The summed E-state index contributed by atoms with van der Waals surface area (Å²) in [4.78, 5) is 13.8. The van der Waals surface area contributed by atoms with Gasteiger partial charge in [0.25, 0.3) is 5.91 Å². The first kappa shape index (κ1) is 13.1. The van der Waals surface area contributed by atoms with Gasteiger partial charge in [0.2, 0.25) is 0 Å². The molecule has 1 amide bonds. The number of carbonyl (C=O) groups is 1. The highest BCUT2D eigenvalue weighted by atomic mass is 16.3. The van der Waals surface area contributed by atoms with E-state index in [4.69, 9.17) is 10.3 Å². The van der Waals surface area contributed by atoms with Crippen LogP contribution in [0.4, 0.5) is 0 Å². The van der Waals surface area contributed by atoms with Crippen molar-refractivity contribution in [2.75, 3.05) is 0 Å². The minimum atomic E-state index is -0.315. The van der Waals surface area contributed by atoms with E-state index in [9.17, 15) is 4.79 Å². The number of nitrogens with one attached hydrogen (secondary N) is 1. The molecule has 0 aliphatic carbocycles. The molecule has 0 radical (unpaired) electrons. The molecule has 2 heterocycles. The third-order valence-electron chi connectivity index (χ3n) is 3.76. The van der Waals surface area contributed by atoms with E-state index < -0.39 is 0 Å². The Bertz CT molecular complexity index is 406. The van der Waals surface area contributed by atoms with Gasteiger partial charge in [-0.1, -0.05) is 6.42 Å². The summed E-state index contributed by atoms with van der Waals surface area (Å²) in [7, 11) is 0. The Morgan fingerprint density at radius 2 is 2.17 bits per heavy atom. The highest BCUT2D eigenvalue weighted by Gasteiger charge is 2.25. The fourth-order valence-electron chi connectivity index (χ4n) is 2.63. The van der Waals surface area contributed by atoms with Crippen LogP contribution < -0.4 is 11.3 Å². The lowest BCUT2D eigenvalue weighted by Gasteiger charge is -2.38. The van der Waals surface area contributed by atoms with E-state index in [-0.39, 0.29) is 5.91 Å². The molecule has 3 N–H and O–H groups in total. The second-order valence-electron chi connectivity index (χ2n) is 5.08. The van der Waals surface area contributed by atoms with Crippen molar-refractivity contribution in [2.24, 2.45) is 5.84 Å². The van der Waals surface area contributed by atoms with E-state index in [0.717, 1.165) is 12.3 Å². The largest absolute Gasteiger partial charge is 0.467 e. The number of rotatable bonds is 3. The number of piperidine rings is 1. The van der Waals surface area contributed by atoms with Gasteiger partial charge in [0.15, 0.2) is 0 Å². The average Bonchev–Trinajstić information content (AvgIpc) is 2.81. The molecule has 18 heavy (non-hydrogen) atoms. The summed E-state index contributed by atoms with van der Waals surface area (Å²) in [6, 6.07) is 2.88. The first-order chi connectivity index (χ1) is 8.61. The van der Waals surface area contributed by atoms with E-state index in [1.54, 1.807) is 6.07 Å². The van der Waals surface area contributed by atoms with E-state index in [0.29, 0.717) is 17.6 Å². The molecule has 5 heteroatoms. The first-order valence-electron chi connectivity index (χ1n) is 6.46. The Morgan fingerprint density at radius 1 is 1.50 bits per heavy atom. The molecule has 1 aliphatic heterocycles. The molecule has 0 bridgehead atoms. The smallest absolute Gasteiger partial charge is 0.268 e. The molecule has 0 aromatic carbocycles. The number of carbonyl (C=O) groups excluding carboxylic acids is 1. The molecular weight excluding hydrogens is 230 g/mol. The van der Waals surface area contributed by atoms with Gasteiger partial charge in [-0.2, -0.15) is 0 Å². The summed E-state index contributed by atoms with van der Waals surface area (Å²) in [6.07, 6.45) is 5.19. The molecule has 5 nitrogen and oxygen atoms in total. The third kappa shape index (κ3) is 2.73. The van der Waals surface area contributed by atoms with Crippen molar-refractivity contribution in [3.63, 3.8) is 0 Å². The van der Waals surface area contributed by atoms with Crippen LogP contribution >= 0.6 is 0 Å². The van der Waals surface area contributed by atoms with Gasteiger partial charge in [-0.3, -0.25) is 15.1 Å². The summed E-state index contributed by atoms with van der Waals surface area (Å²) in [5.74, 6) is 5.59. The number of hydrogen-bond acceptors (Lipinski definition) is 4. The maximum atomic E-state index is 11.3. The molecule has 0 saturated carbocycles. The monoisotopic (exact) mass is 251 g/mol. The van der Waals surface area contributed by atoms with Crippen molar-refractivity contribution in [1.82, 2.24) is 10.3 Å². The lowest BCUT2D eigenvalue weighted by molar-refractivity contribution is 0.0872. The lowest BCUT2D eigenvalue weighted by Crippen LogP contribution is -2.42. The van der Waals surface area contributed by atoms with Crippen LogP contribution in [0, 0.1) is 0 Å². The van der Waals surface area contributed by atoms with Crippen LogP contribution in [0.2, 0.25) is 0 Å². The maximum Gasteiger partial charge on any atom is 0.268 e. The van der Waals surface area contributed by atoms with Gasteiger partial charge in [0.1, 0.15) is 12.0 Å². The number of nitrogens with zero attached hydrogens (tertiary/aromatic N) is 1. The summed E-state index contributed by atoms with van der Waals surface area (Å²) < 4.78 is 5.43. The molecule has 1 saturated heterocycles. The zero-order chi connectivity index (χ0) is 13.1. The Balaban J connectivity index is 2.04. The fraction of sp³-hybridized carbons (Fsp3) is 0.615. The lowest BCUT2D eigenvalue weighted by atomic mass is 9.97. The second kappa shape index (κ2) is 5.54. The van der Waals surface area contributed by atoms with Crippen LogP contribution in [0.25, 0.3) is 0 Å². The van der Waals surface area contributed by atoms with Crippen LogP contribution in [0.15, 0.2) is 16.7 Å². The standard InChI is InChI=1S/C13H21N3O2/c1-9-4-3-5-10(2)16(9)7-12-6-11(8-18-12)13(17)15-14/h6,8-10H,3-5,7,14H2,1-2H3,(H,15,17). The van der Waals surface area contributed by atoms with Gasteiger partial charge in [-0.05, 0) is 32.8 Å². The van der Waals surface area contributed by atoms with Gasteiger partial charge in [-0.15, -0.1) is 0 Å². The van der Waals surface area contributed by atoms with Gasteiger partial charge in [0.05, 0.1) is 12.1 Å². The number of likely N-dealkylation sites (tertiary alicyclic amines) is 1. The van der Waals surface area contributed by atoms with E-state index in [2.05, 4.69) is 24.2 Å². The molecule has 1 fully saturated rings. The first-order valence-corrected chi connectivity index (χ1v) is 6.46. The summed E-state index contributed by atoms with van der Waals surface area (Å²) >= 11 is 0. The normalized spacial score (nSPS) is 25.1. The Labute approximate surface area is 107 Å². The summed E-state index contributed by atoms with van der Waals surface area (Å²) in [6.45, 7) is 5.23. The summed E-state index contributed by atoms with van der Waals surface area (Å²) in [5.41, 5.74) is 2.58. The quantitative estimate of drug-likeness (QED) is 0.487. The molecule has 1 aromatic heterocycles.